The Labute approximate surface area is 134 Å². The van der Waals surface area contributed by atoms with Crippen molar-refractivity contribution >= 4 is 11.8 Å². The summed E-state index contributed by atoms with van der Waals surface area (Å²) in [4.78, 5) is 0. The zero-order chi connectivity index (χ0) is 15.1. The molecule has 1 unspecified atom stereocenters. The Morgan fingerprint density at radius 2 is 2.14 bits per heavy atom. The smallest absolute Gasteiger partial charge is 0.0640 e. The Morgan fingerprint density at radius 1 is 1.38 bits per heavy atom. The molecule has 1 saturated heterocycles. The van der Waals surface area contributed by atoms with E-state index in [9.17, 15) is 0 Å². The lowest BCUT2D eigenvalue weighted by atomic mass is 9.92. The molecule has 3 nitrogen and oxygen atoms in total. The van der Waals surface area contributed by atoms with Gasteiger partial charge in [0.25, 0.3) is 0 Å². The van der Waals surface area contributed by atoms with E-state index in [2.05, 4.69) is 54.8 Å². The van der Waals surface area contributed by atoms with Crippen LogP contribution in [0.15, 0.2) is 12.3 Å². The molecule has 1 atom stereocenters. The molecule has 0 aliphatic carbocycles. The molecule has 1 N–H and O–H groups in total. The van der Waals surface area contributed by atoms with E-state index >= 15 is 0 Å². The fraction of sp³-hybridized carbons (Fsp3) is 0.824. The molecule has 2 heterocycles. The topological polar surface area (TPSA) is 29.9 Å². The minimum absolute atomic E-state index is 0.455. The molecule has 120 valence electrons. The zero-order valence-electron chi connectivity index (χ0n) is 13.8. The van der Waals surface area contributed by atoms with Gasteiger partial charge in [-0.2, -0.15) is 16.9 Å². The van der Waals surface area contributed by atoms with Crippen LogP contribution in [0.5, 0.6) is 0 Å². The molecule has 4 heteroatoms. The summed E-state index contributed by atoms with van der Waals surface area (Å²) in [5, 5.41) is 8.47. The number of hydrogen-bond acceptors (Lipinski definition) is 3. The summed E-state index contributed by atoms with van der Waals surface area (Å²) in [6.45, 7) is 7.73. The Hall–Kier alpha value is -0.480. The Kier molecular flexibility index (Phi) is 7.11. The SMILES string of the molecule is CCCNC(Cc1ccn(C(C)C)n1)CC1CCSCC1. The van der Waals surface area contributed by atoms with Crippen molar-refractivity contribution in [2.45, 2.75) is 65.0 Å². The number of nitrogens with one attached hydrogen (secondary N) is 1. The first-order valence-corrected chi connectivity index (χ1v) is 9.69. The molecule has 1 aliphatic heterocycles. The molecule has 21 heavy (non-hydrogen) atoms. The molecule has 1 aromatic rings. The molecular weight excluding hydrogens is 278 g/mol. The van der Waals surface area contributed by atoms with E-state index in [1.807, 2.05) is 0 Å². The van der Waals surface area contributed by atoms with Crippen molar-refractivity contribution in [1.29, 1.82) is 0 Å². The largest absolute Gasteiger partial charge is 0.314 e. The van der Waals surface area contributed by atoms with Crippen LogP contribution in [0, 0.1) is 5.92 Å². The molecule has 0 saturated carbocycles. The molecule has 1 aliphatic rings. The van der Waals surface area contributed by atoms with Gasteiger partial charge in [-0.3, -0.25) is 4.68 Å². The second-order valence-corrected chi connectivity index (χ2v) is 7.75. The van der Waals surface area contributed by atoms with Gasteiger partial charge in [-0.1, -0.05) is 6.92 Å². The van der Waals surface area contributed by atoms with E-state index in [1.54, 1.807) is 0 Å². The van der Waals surface area contributed by atoms with Gasteiger partial charge < -0.3 is 5.32 Å². The number of aromatic nitrogens is 2. The highest BCUT2D eigenvalue weighted by molar-refractivity contribution is 7.99. The molecule has 0 aromatic carbocycles. The summed E-state index contributed by atoms with van der Waals surface area (Å²) >= 11 is 2.12. The molecule has 0 amide bonds. The van der Waals surface area contributed by atoms with E-state index in [0.717, 1.165) is 18.9 Å². The van der Waals surface area contributed by atoms with Crippen molar-refractivity contribution in [3.63, 3.8) is 0 Å². The van der Waals surface area contributed by atoms with Gasteiger partial charge in [-0.15, -0.1) is 0 Å². The normalized spacial score (nSPS) is 18.3. The maximum Gasteiger partial charge on any atom is 0.0640 e. The maximum atomic E-state index is 4.72. The second kappa shape index (κ2) is 8.84. The van der Waals surface area contributed by atoms with Gasteiger partial charge in [0, 0.05) is 24.7 Å². The van der Waals surface area contributed by atoms with Gasteiger partial charge in [0.15, 0.2) is 0 Å². The lowest BCUT2D eigenvalue weighted by molar-refractivity contribution is 0.359. The van der Waals surface area contributed by atoms with E-state index in [-0.39, 0.29) is 0 Å². The Morgan fingerprint density at radius 3 is 2.76 bits per heavy atom. The minimum atomic E-state index is 0.455. The minimum Gasteiger partial charge on any atom is -0.314 e. The first-order valence-electron chi connectivity index (χ1n) is 8.54. The van der Waals surface area contributed by atoms with E-state index in [1.165, 1.54) is 42.9 Å². The van der Waals surface area contributed by atoms with Crippen LogP contribution < -0.4 is 5.32 Å². The molecule has 2 rings (SSSR count). The van der Waals surface area contributed by atoms with Gasteiger partial charge in [-0.25, -0.2) is 0 Å². The molecular formula is C17H31N3S. The highest BCUT2D eigenvalue weighted by atomic mass is 32.2. The first kappa shape index (κ1) is 16.9. The van der Waals surface area contributed by atoms with Gasteiger partial charge in [0.05, 0.1) is 5.69 Å². The average molecular weight is 310 g/mol. The highest BCUT2D eigenvalue weighted by Crippen LogP contribution is 2.27. The lowest BCUT2D eigenvalue weighted by Crippen LogP contribution is -2.34. The highest BCUT2D eigenvalue weighted by Gasteiger charge is 2.20. The standard InChI is InChI=1S/C17H31N3S/c1-4-8-18-17(12-15-6-10-21-11-7-15)13-16-5-9-20(19-16)14(2)3/h5,9,14-15,17-18H,4,6-8,10-13H2,1-3H3. The fourth-order valence-corrected chi connectivity index (χ4v) is 4.20. The summed E-state index contributed by atoms with van der Waals surface area (Å²) in [5.41, 5.74) is 1.24. The van der Waals surface area contributed by atoms with Crippen LogP contribution in [-0.2, 0) is 6.42 Å². The van der Waals surface area contributed by atoms with E-state index in [4.69, 9.17) is 5.10 Å². The van der Waals surface area contributed by atoms with Crippen LogP contribution >= 0.6 is 11.8 Å². The van der Waals surface area contributed by atoms with Crippen LogP contribution in [0.2, 0.25) is 0 Å². The fourth-order valence-electron chi connectivity index (χ4n) is 3.00. The van der Waals surface area contributed by atoms with Gasteiger partial charge >= 0.3 is 0 Å². The predicted molar refractivity (Wildman–Crippen MR) is 93.1 cm³/mol. The van der Waals surface area contributed by atoms with Crippen molar-refractivity contribution < 1.29 is 0 Å². The summed E-state index contributed by atoms with van der Waals surface area (Å²) in [6.07, 6.45) is 8.51. The number of hydrogen-bond donors (Lipinski definition) is 1. The third-order valence-corrected chi connectivity index (χ3v) is 5.34. The summed E-state index contributed by atoms with van der Waals surface area (Å²) in [5.74, 6) is 3.62. The monoisotopic (exact) mass is 309 g/mol. The van der Waals surface area contributed by atoms with Gasteiger partial charge in [0.2, 0.25) is 0 Å². The molecule has 0 bridgehead atoms. The van der Waals surface area contributed by atoms with Crippen LogP contribution in [-0.4, -0.2) is 33.9 Å². The van der Waals surface area contributed by atoms with Gasteiger partial charge in [-0.05, 0) is 69.6 Å². The number of nitrogens with zero attached hydrogens (tertiary/aromatic N) is 2. The number of rotatable bonds is 8. The van der Waals surface area contributed by atoms with Crippen LogP contribution in [0.1, 0.15) is 58.2 Å². The molecule has 0 spiro atoms. The van der Waals surface area contributed by atoms with Crippen molar-refractivity contribution in [3.05, 3.63) is 18.0 Å². The number of thioether (sulfide) groups is 1. The summed E-state index contributed by atoms with van der Waals surface area (Å²) < 4.78 is 2.07. The van der Waals surface area contributed by atoms with Crippen LogP contribution in [0.25, 0.3) is 0 Å². The third kappa shape index (κ3) is 5.67. The predicted octanol–water partition coefficient (Wildman–Crippen LogP) is 3.91. The van der Waals surface area contributed by atoms with Crippen molar-refractivity contribution in [2.24, 2.45) is 5.92 Å². The van der Waals surface area contributed by atoms with Gasteiger partial charge in [0.1, 0.15) is 0 Å². The Balaban J connectivity index is 1.90. The van der Waals surface area contributed by atoms with Crippen LogP contribution in [0.4, 0.5) is 0 Å². The van der Waals surface area contributed by atoms with Crippen molar-refractivity contribution in [2.75, 3.05) is 18.1 Å². The average Bonchev–Trinajstić information content (AvgIpc) is 2.94. The Bertz CT molecular complexity index is 396. The molecule has 1 aromatic heterocycles. The van der Waals surface area contributed by atoms with E-state index in [0.29, 0.717) is 12.1 Å². The van der Waals surface area contributed by atoms with Crippen molar-refractivity contribution in [1.82, 2.24) is 15.1 Å². The third-order valence-electron chi connectivity index (χ3n) is 4.29. The zero-order valence-corrected chi connectivity index (χ0v) is 14.7. The quantitative estimate of drug-likeness (QED) is 0.789. The molecule has 1 fully saturated rings. The molecule has 0 radical (unpaired) electrons. The van der Waals surface area contributed by atoms with E-state index < -0.39 is 0 Å². The first-order chi connectivity index (χ1) is 10.2. The lowest BCUT2D eigenvalue weighted by Gasteiger charge is -2.26. The maximum absolute atomic E-state index is 4.72. The van der Waals surface area contributed by atoms with Crippen molar-refractivity contribution in [3.8, 4) is 0 Å². The second-order valence-electron chi connectivity index (χ2n) is 6.53. The van der Waals surface area contributed by atoms with Crippen LogP contribution in [0.3, 0.4) is 0 Å². The summed E-state index contributed by atoms with van der Waals surface area (Å²) in [6, 6.07) is 3.24. The summed E-state index contributed by atoms with van der Waals surface area (Å²) in [7, 11) is 0.